The molecular weight excluding hydrogens is 263 g/mol. The number of ether oxygens (including phenoxy) is 2. The van der Waals surface area contributed by atoms with Crippen molar-refractivity contribution in [2.75, 3.05) is 6.61 Å². The largest absolute Gasteiger partial charge is 0.573 e. The molecule has 0 bridgehead atoms. The number of carbonyl (C=O) groups excluding carboxylic acids is 1. The van der Waals surface area contributed by atoms with E-state index in [1.54, 1.807) is 6.92 Å². The average Bonchev–Trinajstić information content (AvgIpc) is 2.19. The number of pyridine rings is 1. The minimum absolute atomic E-state index is 0.0819. The summed E-state index contributed by atoms with van der Waals surface area (Å²) in [7, 11) is 0. The van der Waals surface area contributed by atoms with Gasteiger partial charge < -0.3 is 9.47 Å². The van der Waals surface area contributed by atoms with Crippen molar-refractivity contribution in [3.05, 3.63) is 23.0 Å². The summed E-state index contributed by atoms with van der Waals surface area (Å²) in [6.45, 7) is 1.64. The summed E-state index contributed by atoms with van der Waals surface area (Å²) < 4.78 is 44.1. The number of hydrogen-bond donors (Lipinski definition) is 0. The van der Waals surface area contributed by atoms with Gasteiger partial charge in [0.05, 0.1) is 12.8 Å². The molecule has 0 spiro atoms. The van der Waals surface area contributed by atoms with E-state index in [1.165, 1.54) is 0 Å². The maximum atomic E-state index is 12.0. The van der Waals surface area contributed by atoms with Crippen LogP contribution in [-0.2, 0) is 4.74 Å². The van der Waals surface area contributed by atoms with Crippen LogP contribution in [0, 0.1) is 0 Å². The third-order valence-electron chi connectivity index (χ3n) is 1.53. The van der Waals surface area contributed by atoms with Gasteiger partial charge in [0, 0.05) is 6.07 Å². The van der Waals surface area contributed by atoms with E-state index in [-0.39, 0.29) is 17.3 Å². The first-order valence-corrected chi connectivity index (χ1v) is 4.79. The first-order valence-electron chi connectivity index (χ1n) is 4.42. The average molecular weight is 270 g/mol. The SMILES string of the molecule is CCOC(=O)c1cc(OC(F)(F)F)c(Cl)cn1. The van der Waals surface area contributed by atoms with Crippen molar-refractivity contribution in [1.29, 1.82) is 0 Å². The van der Waals surface area contributed by atoms with Gasteiger partial charge in [-0.2, -0.15) is 0 Å². The lowest BCUT2D eigenvalue weighted by Crippen LogP contribution is -2.18. The molecule has 0 unspecified atom stereocenters. The van der Waals surface area contributed by atoms with Gasteiger partial charge in [0.25, 0.3) is 0 Å². The minimum atomic E-state index is -4.89. The molecule has 0 aliphatic carbocycles. The van der Waals surface area contributed by atoms with Crippen LogP contribution in [-0.4, -0.2) is 23.9 Å². The van der Waals surface area contributed by atoms with Crippen LogP contribution in [0.3, 0.4) is 0 Å². The number of alkyl halides is 3. The molecule has 0 aromatic carbocycles. The number of nitrogens with zero attached hydrogens (tertiary/aromatic N) is 1. The van der Waals surface area contributed by atoms with Crippen molar-refractivity contribution in [3.63, 3.8) is 0 Å². The quantitative estimate of drug-likeness (QED) is 0.792. The first-order chi connectivity index (χ1) is 7.83. The lowest BCUT2D eigenvalue weighted by Gasteiger charge is -2.10. The highest BCUT2D eigenvalue weighted by Crippen LogP contribution is 2.29. The van der Waals surface area contributed by atoms with E-state index in [4.69, 9.17) is 11.6 Å². The van der Waals surface area contributed by atoms with Gasteiger partial charge in [0.1, 0.15) is 5.02 Å². The van der Waals surface area contributed by atoms with Crippen LogP contribution in [0.15, 0.2) is 12.3 Å². The number of esters is 1. The summed E-state index contributed by atoms with van der Waals surface area (Å²) in [4.78, 5) is 14.7. The number of halogens is 4. The van der Waals surface area contributed by atoms with E-state index >= 15 is 0 Å². The fraction of sp³-hybridized carbons (Fsp3) is 0.333. The molecule has 0 atom stereocenters. The molecule has 0 N–H and O–H groups in total. The Hall–Kier alpha value is -1.50. The summed E-state index contributed by atoms with van der Waals surface area (Å²) >= 11 is 5.44. The Balaban J connectivity index is 2.98. The van der Waals surface area contributed by atoms with Crippen molar-refractivity contribution < 1.29 is 27.4 Å². The fourth-order valence-corrected chi connectivity index (χ4v) is 1.08. The lowest BCUT2D eigenvalue weighted by molar-refractivity contribution is -0.274. The van der Waals surface area contributed by atoms with Crippen LogP contribution in [0.5, 0.6) is 5.75 Å². The molecule has 4 nitrogen and oxygen atoms in total. The normalized spacial score (nSPS) is 11.1. The van der Waals surface area contributed by atoms with Crippen molar-refractivity contribution >= 4 is 17.6 Å². The van der Waals surface area contributed by atoms with Crippen molar-refractivity contribution in [2.45, 2.75) is 13.3 Å². The maximum absolute atomic E-state index is 12.0. The predicted octanol–water partition coefficient (Wildman–Crippen LogP) is 2.81. The molecule has 0 aliphatic rings. The van der Waals surface area contributed by atoms with Crippen LogP contribution in [0.4, 0.5) is 13.2 Å². The molecule has 0 amide bonds. The third-order valence-corrected chi connectivity index (χ3v) is 1.81. The molecule has 0 aliphatic heterocycles. The Morgan fingerprint density at radius 1 is 1.53 bits per heavy atom. The Bertz CT molecular complexity index is 422. The molecule has 0 saturated carbocycles. The molecule has 1 rings (SSSR count). The molecule has 94 valence electrons. The van der Waals surface area contributed by atoms with Crippen LogP contribution in [0.25, 0.3) is 0 Å². The monoisotopic (exact) mass is 269 g/mol. The zero-order chi connectivity index (χ0) is 13.1. The van der Waals surface area contributed by atoms with Crippen molar-refractivity contribution in [3.8, 4) is 5.75 Å². The minimum Gasteiger partial charge on any atom is -0.461 e. The summed E-state index contributed by atoms with van der Waals surface area (Å²) in [6.07, 6.45) is -4.01. The number of carbonyl (C=O) groups is 1. The summed E-state index contributed by atoms with van der Waals surface area (Å²) in [5.41, 5.74) is -0.310. The zero-order valence-electron chi connectivity index (χ0n) is 8.55. The van der Waals surface area contributed by atoms with Crippen LogP contribution >= 0.6 is 11.6 Å². The summed E-state index contributed by atoms with van der Waals surface area (Å²) in [6, 6.07) is 0.772. The van der Waals surface area contributed by atoms with Crippen LogP contribution < -0.4 is 4.74 Å². The molecule has 1 aromatic rings. The van der Waals surface area contributed by atoms with Gasteiger partial charge in [-0.3, -0.25) is 0 Å². The van der Waals surface area contributed by atoms with Gasteiger partial charge in [-0.15, -0.1) is 13.2 Å². The zero-order valence-corrected chi connectivity index (χ0v) is 9.30. The predicted molar refractivity (Wildman–Crippen MR) is 51.9 cm³/mol. The first kappa shape index (κ1) is 13.6. The van der Waals surface area contributed by atoms with E-state index in [2.05, 4.69) is 14.5 Å². The molecule has 0 saturated heterocycles. The van der Waals surface area contributed by atoms with E-state index < -0.39 is 18.1 Å². The Morgan fingerprint density at radius 2 is 2.18 bits per heavy atom. The van der Waals surface area contributed by atoms with Gasteiger partial charge in [-0.25, -0.2) is 9.78 Å². The number of hydrogen-bond acceptors (Lipinski definition) is 4. The Morgan fingerprint density at radius 3 is 2.71 bits per heavy atom. The van der Waals surface area contributed by atoms with E-state index in [1.807, 2.05) is 0 Å². The highest BCUT2D eigenvalue weighted by molar-refractivity contribution is 6.32. The second-order valence-electron chi connectivity index (χ2n) is 2.77. The topological polar surface area (TPSA) is 48.4 Å². The molecule has 17 heavy (non-hydrogen) atoms. The van der Waals surface area contributed by atoms with Crippen LogP contribution in [0.2, 0.25) is 5.02 Å². The van der Waals surface area contributed by atoms with Crippen molar-refractivity contribution in [2.24, 2.45) is 0 Å². The standard InChI is InChI=1S/C9H7ClF3NO3/c1-2-16-8(15)6-3-7(5(10)4-14-6)17-9(11,12)13/h3-4H,2H2,1H3. The van der Waals surface area contributed by atoms with Crippen molar-refractivity contribution in [1.82, 2.24) is 4.98 Å². The second kappa shape index (κ2) is 5.22. The van der Waals surface area contributed by atoms with Gasteiger partial charge in [-0.05, 0) is 6.92 Å². The fourth-order valence-electron chi connectivity index (χ4n) is 0.940. The maximum Gasteiger partial charge on any atom is 0.573 e. The van der Waals surface area contributed by atoms with E-state index in [0.717, 1.165) is 12.3 Å². The third kappa shape index (κ3) is 4.10. The van der Waals surface area contributed by atoms with E-state index in [9.17, 15) is 18.0 Å². The van der Waals surface area contributed by atoms with Crippen LogP contribution in [0.1, 0.15) is 17.4 Å². The number of aromatic nitrogens is 1. The molecule has 0 radical (unpaired) electrons. The molecule has 1 aromatic heterocycles. The second-order valence-corrected chi connectivity index (χ2v) is 3.18. The number of rotatable bonds is 3. The molecule has 8 heteroatoms. The molecule has 0 fully saturated rings. The Labute approximate surface area is 99.3 Å². The van der Waals surface area contributed by atoms with E-state index in [0.29, 0.717) is 0 Å². The van der Waals surface area contributed by atoms with Gasteiger partial charge in [-0.1, -0.05) is 11.6 Å². The highest BCUT2D eigenvalue weighted by Gasteiger charge is 2.32. The van der Waals surface area contributed by atoms with Gasteiger partial charge in [0.15, 0.2) is 11.4 Å². The smallest absolute Gasteiger partial charge is 0.461 e. The molecule has 1 heterocycles. The van der Waals surface area contributed by atoms with Gasteiger partial charge >= 0.3 is 12.3 Å². The lowest BCUT2D eigenvalue weighted by atomic mass is 10.3. The summed E-state index contributed by atoms with van der Waals surface area (Å²) in [5.74, 6) is -1.55. The summed E-state index contributed by atoms with van der Waals surface area (Å²) in [5, 5.41) is -0.352. The Kier molecular flexibility index (Phi) is 4.17. The highest BCUT2D eigenvalue weighted by atomic mass is 35.5. The van der Waals surface area contributed by atoms with Gasteiger partial charge in [0.2, 0.25) is 0 Å². The molecular formula is C9H7ClF3NO3.